The van der Waals surface area contributed by atoms with Crippen molar-refractivity contribution in [3.05, 3.63) is 59.2 Å². The van der Waals surface area contributed by atoms with E-state index in [1.807, 2.05) is 19.4 Å². The van der Waals surface area contributed by atoms with Crippen molar-refractivity contribution in [2.45, 2.75) is 63.8 Å². The van der Waals surface area contributed by atoms with Gasteiger partial charge in [0.25, 0.3) is 0 Å². The number of nitrogens with zero attached hydrogens (tertiary/aromatic N) is 6. The van der Waals surface area contributed by atoms with Gasteiger partial charge >= 0.3 is 0 Å². The summed E-state index contributed by atoms with van der Waals surface area (Å²) in [6.07, 6.45) is 8.20. The van der Waals surface area contributed by atoms with Crippen LogP contribution in [-0.4, -0.2) is 47.5 Å². The van der Waals surface area contributed by atoms with E-state index >= 15 is 0 Å². The standard InChI is InChI=1S/C29H34N8O/c1-29(2,3)24-13-25(35-37(24)21-7-8-38-16-21)33-28-34-27-23(36(28)4)11-18(15-31-27)9-17-10-20-12-22(19-5-6-19)32-26(20)30-14-17/h10-15,19,21H,5-9,16H2,1-4H3,(H,30,32)(H,31,33,34,35)/t21-/m1/s1. The van der Waals surface area contributed by atoms with Crippen molar-refractivity contribution < 1.29 is 4.74 Å². The van der Waals surface area contributed by atoms with Crippen LogP contribution in [0.5, 0.6) is 0 Å². The molecule has 5 aromatic heterocycles. The SMILES string of the molecule is Cn1c(Nc2cc(C(C)(C)C)n([C@@H]3CCOC3)n2)nc2ncc(Cc3cnc4[nH]c(C5CC5)cc4c3)cc21. The predicted octanol–water partition coefficient (Wildman–Crippen LogP) is 5.51. The molecule has 0 unspecified atom stereocenters. The van der Waals surface area contributed by atoms with Gasteiger partial charge in [-0.3, -0.25) is 4.68 Å². The third kappa shape index (κ3) is 4.24. The van der Waals surface area contributed by atoms with Crippen molar-refractivity contribution in [1.29, 1.82) is 0 Å². The lowest BCUT2D eigenvalue weighted by molar-refractivity contribution is 0.183. The average molecular weight is 511 g/mol. The van der Waals surface area contributed by atoms with Gasteiger partial charge in [-0.2, -0.15) is 10.1 Å². The van der Waals surface area contributed by atoms with E-state index in [0.717, 1.165) is 47.9 Å². The zero-order chi connectivity index (χ0) is 26.0. The highest BCUT2D eigenvalue weighted by Gasteiger charge is 2.28. The van der Waals surface area contributed by atoms with Gasteiger partial charge in [0.05, 0.1) is 18.2 Å². The second-order valence-corrected chi connectivity index (χ2v) is 11.9. The number of aromatic nitrogens is 7. The topological polar surface area (TPSA) is 98.5 Å². The quantitative estimate of drug-likeness (QED) is 0.312. The van der Waals surface area contributed by atoms with Crippen molar-refractivity contribution in [2.24, 2.45) is 7.05 Å². The maximum Gasteiger partial charge on any atom is 0.210 e. The Kier molecular flexibility index (Phi) is 5.33. The normalized spacial score (nSPS) is 18.2. The van der Waals surface area contributed by atoms with Crippen LogP contribution in [0.2, 0.25) is 0 Å². The first kappa shape index (κ1) is 23.4. The minimum Gasteiger partial charge on any atom is -0.379 e. The van der Waals surface area contributed by atoms with Crippen molar-refractivity contribution in [3.8, 4) is 0 Å². The zero-order valence-electron chi connectivity index (χ0n) is 22.5. The largest absolute Gasteiger partial charge is 0.379 e. The Hall–Kier alpha value is -3.72. The molecule has 1 saturated carbocycles. The predicted molar refractivity (Wildman–Crippen MR) is 148 cm³/mol. The summed E-state index contributed by atoms with van der Waals surface area (Å²) >= 11 is 0. The molecule has 0 spiro atoms. The summed E-state index contributed by atoms with van der Waals surface area (Å²) in [5, 5.41) is 9.56. The molecule has 2 fully saturated rings. The molecular weight excluding hydrogens is 476 g/mol. The van der Waals surface area contributed by atoms with Crippen LogP contribution in [0.25, 0.3) is 22.2 Å². The third-order valence-electron chi connectivity index (χ3n) is 7.76. The molecule has 6 heterocycles. The van der Waals surface area contributed by atoms with Gasteiger partial charge in [-0.15, -0.1) is 0 Å². The maximum atomic E-state index is 5.64. The molecule has 5 aromatic rings. The van der Waals surface area contributed by atoms with Crippen LogP contribution in [0.3, 0.4) is 0 Å². The van der Waals surface area contributed by atoms with Crippen molar-refractivity contribution in [2.75, 3.05) is 18.5 Å². The molecule has 2 aliphatic rings. The lowest BCUT2D eigenvalue weighted by Crippen LogP contribution is -2.22. The van der Waals surface area contributed by atoms with Crippen LogP contribution in [0.15, 0.2) is 36.7 Å². The molecule has 0 bridgehead atoms. The number of ether oxygens (including phenoxy) is 1. The Bertz CT molecular complexity index is 1640. The van der Waals surface area contributed by atoms with Gasteiger partial charge in [-0.25, -0.2) is 9.97 Å². The van der Waals surface area contributed by atoms with Gasteiger partial charge in [0.2, 0.25) is 5.95 Å². The van der Waals surface area contributed by atoms with E-state index in [1.165, 1.54) is 35.2 Å². The molecule has 0 aromatic carbocycles. The number of H-pyrrole nitrogens is 1. The number of rotatable bonds is 6. The molecule has 0 amide bonds. The van der Waals surface area contributed by atoms with Gasteiger partial charge in [0, 0.05) is 60.7 Å². The third-order valence-corrected chi connectivity index (χ3v) is 7.76. The minimum absolute atomic E-state index is 0.0317. The lowest BCUT2D eigenvalue weighted by Gasteiger charge is -2.22. The molecular formula is C29H34N8O. The molecule has 38 heavy (non-hydrogen) atoms. The van der Waals surface area contributed by atoms with Gasteiger partial charge in [-0.05, 0) is 54.5 Å². The highest BCUT2D eigenvalue weighted by atomic mass is 16.5. The number of anilines is 2. The van der Waals surface area contributed by atoms with Gasteiger partial charge in [0.15, 0.2) is 11.5 Å². The fourth-order valence-corrected chi connectivity index (χ4v) is 5.47. The molecule has 1 aliphatic carbocycles. The molecule has 1 saturated heterocycles. The molecule has 1 atom stereocenters. The average Bonchev–Trinajstić information content (AvgIpc) is 3.24. The summed E-state index contributed by atoms with van der Waals surface area (Å²) in [5.41, 5.74) is 7.46. The van der Waals surface area contributed by atoms with Crippen LogP contribution in [0.4, 0.5) is 11.8 Å². The van der Waals surface area contributed by atoms with Crippen molar-refractivity contribution in [3.63, 3.8) is 0 Å². The number of imidazole rings is 1. The molecule has 9 heteroatoms. The van der Waals surface area contributed by atoms with Crippen LogP contribution < -0.4 is 5.32 Å². The Morgan fingerprint density at radius 2 is 1.87 bits per heavy atom. The number of aryl methyl sites for hydroxylation is 1. The van der Waals surface area contributed by atoms with Gasteiger partial charge < -0.3 is 19.6 Å². The van der Waals surface area contributed by atoms with E-state index in [4.69, 9.17) is 14.8 Å². The first-order chi connectivity index (χ1) is 18.3. The van der Waals surface area contributed by atoms with Crippen molar-refractivity contribution in [1.82, 2.24) is 34.3 Å². The summed E-state index contributed by atoms with van der Waals surface area (Å²) in [6.45, 7) is 8.14. The Morgan fingerprint density at radius 3 is 2.63 bits per heavy atom. The van der Waals surface area contributed by atoms with E-state index in [2.05, 4.69) is 74.6 Å². The van der Waals surface area contributed by atoms with E-state index in [-0.39, 0.29) is 11.5 Å². The summed E-state index contributed by atoms with van der Waals surface area (Å²) in [7, 11) is 2.02. The molecule has 7 rings (SSSR count). The lowest BCUT2D eigenvalue weighted by atomic mass is 9.91. The number of aromatic amines is 1. The second-order valence-electron chi connectivity index (χ2n) is 11.9. The zero-order valence-corrected chi connectivity index (χ0v) is 22.5. The molecule has 0 radical (unpaired) electrons. The van der Waals surface area contributed by atoms with Gasteiger partial charge in [0.1, 0.15) is 5.65 Å². The first-order valence-corrected chi connectivity index (χ1v) is 13.6. The summed E-state index contributed by atoms with van der Waals surface area (Å²) in [6, 6.07) is 9.08. The monoisotopic (exact) mass is 510 g/mol. The summed E-state index contributed by atoms with van der Waals surface area (Å²) in [5.74, 6) is 2.20. The highest BCUT2D eigenvalue weighted by molar-refractivity contribution is 5.78. The van der Waals surface area contributed by atoms with Crippen LogP contribution in [0.1, 0.15) is 74.5 Å². The summed E-state index contributed by atoms with van der Waals surface area (Å²) in [4.78, 5) is 17.6. The van der Waals surface area contributed by atoms with Crippen LogP contribution >= 0.6 is 0 Å². The first-order valence-electron chi connectivity index (χ1n) is 13.6. The van der Waals surface area contributed by atoms with Crippen LogP contribution in [0, 0.1) is 0 Å². The Labute approximate surface area is 221 Å². The fourth-order valence-electron chi connectivity index (χ4n) is 5.47. The Morgan fingerprint density at radius 1 is 1.05 bits per heavy atom. The molecule has 2 N–H and O–H groups in total. The van der Waals surface area contributed by atoms with E-state index < -0.39 is 0 Å². The number of hydrogen-bond acceptors (Lipinski definition) is 6. The number of pyridine rings is 2. The van der Waals surface area contributed by atoms with Crippen LogP contribution in [-0.2, 0) is 23.6 Å². The number of fused-ring (bicyclic) bond motifs is 2. The minimum atomic E-state index is -0.0317. The molecule has 196 valence electrons. The number of hydrogen-bond donors (Lipinski definition) is 2. The van der Waals surface area contributed by atoms with E-state index in [1.54, 1.807) is 0 Å². The summed E-state index contributed by atoms with van der Waals surface area (Å²) < 4.78 is 9.83. The van der Waals surface area contributed by atoms with Gasteiger partial charge in [-0.1, -0.05) is 20.8 Å². The van der Waals surface area contributed by atoms with Crippen molar-refractivity contribution >= 4 is 34.0 Å². The Balaban J connectivity index is 1.15. The maximum absolute atomic E-state index is 5.64. The number of nitrogens with one attached hydrogen (secondary N) is 2. The smallest absolute Gasteiger partial charge is 0.210 e. The molecule has 9 nitrogen and oxygen atoms in total. The second kappa shape index (κ2) is 8.66. The fraction of sp³-hybridized carbons (Fsp3) is 0.448. The van der Waals surface area contributed by atoms with E-state index in [9.17, 15) is 0 Å². The molecule has 1 aliphatic heterocycles. The highest BCUT2D eigenvalue weighted by Crippen LogP contribution is 2.40. The van der Waals surface area contributed by atoms with E-state index in [0.29, 0.717) is 18.2 Å².